The molecule has 0 fully saturated rings. The van der Waals surface area contributed by atoms with Crippen LogP contribution in [0.5, 0.6) is 5.75 Å². The van der Waals surface area contributed by atoms with E-state index in [1.807, 2.05) is 25.1 Å². The van der Waals surface area contributed by atoms with Crippen LogP contribution < -0.4 is 4.74 Å². The number of aromatic nitrogens is 4. The van der Waals surface area contributed by atoms with Gasteiger partial charge in [-0.2, -0.15) is 4.80 Å². The third kappa shape index (κ3) is 2.65. The Kier molecular flexibility index (Phi) is 3.57. The highest BCUT2D eigenvalue weighted by molar-refractivity contribution is 5.38. The molecule has 6 nitrogen and oxygen atoms in total. The average Bonchev–Trinajstić information content (AvgIpc) is 2.74. The van der Waals surface area contributed by atoms with Crippen LogP contribution in [-0.4, -0.2) is 32.4 Å². The van der Waals surface area contributed by atoms with E-state index in [0.29, 0.717) is 18.0 Å². The van der Waals surface area contributed by atoms with Gasteiger partial charge in [0.05, 0.1) is 20.3 Å². The molecule has 0 saturated carbocycles. The Hall–Kier alpha value is -1.95. The summed E-state index contributed by atoms with van der Waals surface area (Å²) in [6, 6.07) is 5.69. The number of tetrazole rings is 1. The number of hydrogen-bond donors (Lipinski definition) is 1. The van der Waals surface area contributed by atoms with Crippen LogP contribution in [0.25, 0.3) is 0 Å². The van der Waals surface area contributed by atoms with Crippen LogP contribution in [0, 0.1) is 6.92 Å². The first-order valence-electron chi connectivity index (χ1n) is 5.65. The van der Waals surface area contributed by atoms with Crippen molar-refractivity contribution in [1.29, 1.82) is 0 Å². The topological polar surface area (TPSA) is 73.1 Å². The van der Waals surface area contributed by atoms with Gasteiger partial charge in [0.15, 0.2) is 5.82 Å². The molecule has 6 heteroatoms. The summed E-state index contributed by atoms with van der Waals surface area (Å²) in [7, 11) is 3.28. The first kappa shape index (κ1) is 12.5. The predicted molar refractivity (Wildman–Crippen MR) is 65.2 cm³/mol. The number of aliphatic hydroxyl groups excluding tert-OH is 1. The average molecular weight is 248 g/mol. The quantitative estimate of drug-likeness (QED) is 0.866. The van der Waals surface area contributed by atoms with Crippen LogP contribution in [0.1, 0.15) is 23.1 Å². The van der Waals surface area contributed by atoms with Crippen molar-refractivity contribution in [2.24, 2.45) is 7.05 Å². The Morgan fingerprint density at radius 3 is 2.83 bits per heavy atom. The third-order valence-corrected chi connectivity index (χ3v) is 2.67. The van der Waals surface area contributed by atoms with Crippen molar-refractivity contribution in [2.75, 3.05) is 7.11 Å². The zero-order valence-electron chi connectivity index (χ0n) is 10.7. The van der Waals surface area contributed by atoms with E-state index >= 15 is 0 Å². The van der Waals surface area contributed by atoms with Crippen molar-refractivity contribution < 1.29 is 9.84 Å². The van der Waals surface area contributed by atoms with Crippen molar-refractivity contribution in [2.45, 2.75) is 19.4 Å². The fourth-order valence-corrected chi connectivity index (χ4v) is 1.80. The fourth-order valence-electron chi connectivity index (χ4n) is 1.80. The predicted octanol–water partition coefficient (Wildman–Crippen LogP) is 0.803. The zero-order valence-corrected chi connectivity index (χ0v) is 10.7. The molecule has 0 bridgehead atoms. The highest BCUT2D eigenvalue weighted by Crippen LogP contribution is 2.27. The number of aliphatic hydroxyl groups is 1. The highest BCUT2D eigenvalue weighted by atomic mass is 16.5. The van der Waals surface area contributed by atoms with E-state index in [1.165, 1.54) is 4.80 Å². The van der Waals surface area contributed by atoms with E-state index in [4.69, 9.17) is 4.74 Å². The number of aryl methyl sites for hydroxylation is 2. The lowest BCUT2D eigenvalue weighted by Crippen LogP contribution is -2.06. The van der Waals surface area contributed by atoms with Gasteiger partial charge in [0.1, 0.15) is 5.75 Å². The summed E-state index contributed by atoms with van der Waals surface area (Å²) in [5, 5.41) is 21.9. The van der Waals surface area contributed by atoms with Crippen molar-refractivity contribution in [3.8, 4) is 5.75 Å². The van der Waals surface area contributed by atoms with Gasteiger partial charge in [-0.05, 0) is 24.3 Å². The third-order valence-electron chi connectivity index (χ3n) is 2.67. The summed E-state index contributed by atoms with van der Waals surface area (Å²) in [5.74, 6) is 1.17. The maximum Gasteiger partial charge on any atom is 0.177 e. The van der Waals surface area contributed by atoms with Gasteiger partial charge in [-0.15, -0.1) is 10.2 Å². The maximum atomic E-state index is 10.2. The molecule has 1 heterocycles. The second-order valence-electron chi connectivity index (χ2n) is 4.16. The number of rotatable bonds is 4. The van der Waals surface area contributed by atoms with Crippen molar-refractivity contribution in [3.05, 3.63) is 35.2 Å². The molecule has 0 radical (unpaired) electrons. The molecule has 96 valence electrons. The molecule has 2 aromatic rings. The molecule has 2 rings (SSSR count). The molecule has 0 aliphatic rings. The monoisotopic (exact) mass is 248 g/mol. The molecule has 0 saturated heterocycles. The van der Waals surface area contributed by atoms with E-state index in [2.05, 4.69) is 15.4 Å². The minimum absolute atomic E-state index is 0.313. The number of methoxy groups -OCH3 is 1. The summed E-state index contributed by atoms with van der Waals surface area (Å²) in [4.78, 5) is 1.37. The van der Waals surface area contributed by atoms with E-state index in [-0.39, 0.29) is 0 Å². The number of ether oxygens (including phenoxy) is 1. The summed E-state index contributed by atoms with van der Waals surface area (Å²) < 4.78 is 5.24. The van der Waals surface area contributed by atoms with Gasteiger partial charge in [-0.25, -0.2) is 0 Å². The van der Waals surface area contributed by atoms with Crippen molar-refractivity contribution in [1.82, 2.24) is 20.2 Å². The van der Waals surface area contributed by atoms with Crippen molar-refractivity contribution >= 4 is 0 Å². The Morgan fingerprint density at radius 2 is 2.22 bits per heavy atom. The van der Waals surface area contributed by atoms with Crippen LogP contribution in [-0.2, 0) is 13.5 Å². The van der Waals surface area contributed by atoms with Crippen LogP contribution in [0.15, 0.2) is 18.2 Å². The Morgan fingerprint density at radius 1 is 1.44 bits per heavy atom. The normalized spacial score (nSPS) is 12.4. The molecule has 0 spiro atoms. The van der Waals surface area contributed by atoms with Crippen molar-refractivity contribution in [3.63, 3.8) is 0 Å². The van der Waals surface area contributed by atoms with Gasteiger partial charge >= 0.3 is 0 Å². The van der Waals surface area contributed by atoms with Gasteiger partial charge in [0, 0.05) is 12.0 Å². The van der Waals surface area contributed by atoms with E-state index in [0.717, 1.165) is 11.1 Å². The maximum absolute atomic E-state index is 10.2. The van der Waals surface area contributed by atoms with Crippen LogP contribution in [0.4, 0.5) is 0 Å². The SMILES string of the molecule is COc1ccc(C)cc1C(O)Cc1nnn(C)n1. The summed E-state index contributed by atoms with van der Waals surface area (Å²) >= 11 is 0. The molecule has 0 aliphatic heterocycles. The standard InChI is InChI=1S/C12H16N4O2/c1-8-4-5-11(18-3)9(6-8)10(17)7-12-13-15-16(2)14-12/h4-6,10,17H,7H2,1-3H3. The van der Waals surface area contributed by atoms with Crippen LogP contribution in [0.3, 0.4) is 0 Å². The van der Waals surface area contributed by atoms with E-state index < -0.39 is 6.10 Å². The summed E-state index contributed by atoms with van der Waals surface area (Å²) in [6.45, 7) is 1.97. The number of nitrogens with zero attached hydrogens (tertiary/aromatic N) is 4. The number of benzene rings is 1. The Labute approximate surface area is 105 Å². The van der Waals surface area contributed by atoms with Crippen LogP contribution >= 0.6 is 0 Å². The molecule has 0 amide bonds. The second-order valence-corrected chi connectivity index (χ2v) is 4.16. The molecular weight excluding hydrogens is 232 g/mol. The van der Waals surface area contributed by atoms with Gasteiger partial charge in [-0.1, -0.05) is 11.6 Å². The first-order chi connectivity index (χ1) is 8.60. The highest BCUT2D eigenvalue weighted by Gasteiger charge is 2.16. The first-order valence-corrected chi connectivity index (χ1v) is 5.65. The Bertz CT molecular complexity index is 539. The van der Waals surface area contributed by atoms with Gasteiger partial charge < -0.3 is 9.84 Å². The molecule has 1 aromatic heterocycles. The Balaban J connectivity index is 2.22. The lowest BCUT2D eigenvalue weighted by Gasteiger charge is -2.14. The lowest BCUT2D eigenvalue weighted by molar-refractivity contribution is 0.171. The molecule has 1 N–H and O–H groups in total. The van der Waals surface area contributed by atoms with Gasteiger partial charge in [0.2, 0.25) is 0 Å². The van der Waals surface area contributed by atoms with E-state index in [1.54, 1.807) is 14.2 Å². The largest absolute Gasteiger partial charge is 0.496 e. The molecule has 1 aromatic carbocycles. The minimum atomic E-state index is -0.705. The van der Waals surface area contributed by atoms with Gasteiger partial charge in [-0.3, -0.25) is 0 Å². The lowest BCUT2D eigenvalue weighted by atomic mass is 10.0. The molecule has 18 heavy (non-hydrogen) atoms. The molecular formula is C12H16N4O2. The smallest absolute Gasteiger partial charge is 0.177 e. The van der Waals surface area contributed by atoms with E-state index in [9.17, 15) is 5.11 Å². The number of hydrogen-bond acceptors (Lipinski definition) is 5. The molecule has 0 aliphatic carbocycles. The molecule has 1 unspecified atom stereocenters. The molecule has 1 atom stereocenters. The summed E-state index contributed by atoms with van der Waals surface area (Å²) in [6.07, 6.45) is -0.391. The van der Waals surface area contributed by atoms with Crippen LogP contribution in [0.2, 0.25) is 0 Å². The summed E-state index contributed by atoms with van der Waals surface area (Å²) in [5.41, 5.74) is 1.81. The minimum Gasteiger partial charge on any atom is -0.496 e. The fraction of sp³-hybridized carbons (Fsp3) is 0.417. The zero-order chi connectivity index (χ0) is 13.1. The van der Waals surface area contributed by atoms with Gasteiger partial charge in [0.25, 0.3) is 0 Å². The second kappa shape index (κ2) is 5.14.